The zero-order valence-corrected chi connectivity index (χ0v) is 21.0. The number of carbonyl (C=O) groups excluding carboxylic acids is 1. The number of rotatable bonds is 6. The first kappa shape index (κ1) is 23.3. The lowest BCUT2D eigenvalue weighted by Gasteiger charge is -2.29. The third kappa shape index (κ3) is 4.22. The standard InChI is InChI=1S/C24H32N4O2S2/c1-14(2)24(4,13-25)27-20(29)15(3)31-23-26-21-19(17-11-7-8-12-18(17)32-21)22(30)28(23)16-9-5-6-10-16/h14-16H,5-12H2,1-4H3,(H,27,29). The summed E-state index contributed by atoms with van der Waals surface area (Å²) in [6.07, 6.45) is 8.48. The van der Waals surface area contributed by atoms with E-state index in [1.807, 2.05) is 25.3 Å². The maximum atomic E-state index is 13.8. The molecule has 1 N–H and O–H groups in total. The Morgan fingerprint density at radius 1 is 1.25 bits per heavy atom. The van der Waals surface area contributed by atoms with Crippen molar-refractivity contribution in [3.8, 4) is 6.07 Å². The number of fused-ring (bicyclic) bond motifs is 3. The lowest BCUT2D eigenvalue weighted by Crippen LogP contribution is -2.51. The van der Waals surface area contributed by atoms with E-state index in [2.05, 4.69) is 11.4 Å². The van der Waals surface area contributed by atoms with Gasteiger partial charge < -0.3 is 5.32 Å². The number of thioether (sulfide) groups is 1. The molecule has 4 rings (SSSR count). The number of nitriles is 1. The number of carbonyl (C=O) groups is 1. The predicted molar refractivity (Wildman–Crippen MR) is 130 cm³/mol. The number of thiophene rings is 1. The summed E-state index contributed by atoms with van der Waals surface area (Å²) in [4.78, 5) is 33.8. The number of aryl methyl sites for hydroxylation is 2. The second-order valence-electron chi connectivity index (χ2n) is 9.62. The fourth-order valence-electron chi connectivity index (χ4n) is 4.64. The van der Waals surface area contributed by atoms with Gasteiger partial charge in [-0.05, 0) is 63.9 Å². The molecule has 0 radical (unpaired) electrons. The zero-order chi connectivity index (χ0) is 23.0. The van der Waals surface area contributed by atoms with Crippen molar-refractivity contribution >= 4 is 39.2 Å². The minimum Gasteiger partial charge on any atom is -0.337 e. The second kappa shape index (κ2) is 9.18. The van der Waals surface area contributed by atoms with Gasteiger partial charge in [-0.25, -0.2) is 4.98 Å². The molecule has 0 spiro atoms. The lowest BCUT2D eigenvalue weighted by atomic mass is 9.90. The Labute approximate surface area is 197 Å². The van der Waals surface area contributed by atoms with Crippen LogP contribution < -0.4 is 10.9 Å². The third-order valence-electron chi connectivity index (χ3n) is 7.10. The van der Waals surface area contributed by atoms with Crippen molar-refractivity contribution < 1.29 is 4.79 Å². The van der Waals surface area contributed by atoms with Gasteiger partial charge in [-0.15, -0.1) is 11.3 Å². The summed E-state index contributed by atoms with van der Waals surface area (Å²) in [5.74, 6) is -0.220. The van der Waals surface area contributed by atoms with E-state index < -0.39 is 10.8 Å². The highest BCUT2D eigenvalue weighted by Crippen LogP contribution is 2.38. The quantitative estimate of drug-likeness (QED) is 0.473. The van der Waals surface area contributed by atoms with E-state index in [4.69, 9.17) is 4.98 Å². The van der Waals surface area contributed by atoms with Gasteiger partial charge in [-0.3, -0.25) is 14.2 Å². The molecule has 1 saturated carbocycles. The van der Waals surface area contributed by atoms with Crippen LogP contribution in [0.2, 0.25) is 0 Å². The zero-order valence-electron chi connectivity index (χ0n) is 19.4. The highest BCUT2D eigenvalue weighted by atomic mass is 32.2. The van der Waals surface area contributed by atoms with Crippen LogP contribution in [-0.2, 0) is 17.6 Å². The highest BCUT2D eigenvalue weighted by Gasteiger charge is 2.33. The fraction of sp³-hybridized carbons (Fsp3) is 0.667. The molecule has 0 bridgehead atoms. The molecular weight excluding hydrogens is 440 g/mol. The molecule has 0 aromatic carbocycles. The number of nitrogens with one attached hydrogen (secondary N) is 1. The highest BCUT2D eigenvalue weighted by molar-refractivity contribution is 8.00. The Morgan fingerprint density at radius 2 is 1.94 bits per heavy atom. The van der Waals surface area contributed by atoms with E-state index in [-0.39, 0.29) is 23.4 Å². The molecule has 2 aliphatic carbocycles. The van der Waals surface area contributed by atoms with Crippen molar-refractivity contribution in [3.05, 3.63) is 20.8 Å². The molecular formula is C24H32N4O2S2. The van der Waals surface area contributed by atoms with Crippen molar-refractivity contribution in [2.45, 2.75) is 101 Å². The topological polar surface area (TPSA) is 87.8 Å². The Morgan fingerprint density at radius 3 is 2.59 bits per heavy atom. The lowest BCUT2D eigenvalue weighted by molar-refractivity contribution is -0.121. The van der Waals surface area contributed by atoms with Crippen molar-refractivity contribution in [2.75, 3.05) is 0 Å². The molecule has 2 aliphatic rings. The van der Waals surface area contributed by atoms with Gasteiger partial charge in [-0.1, -0.05) is 38.5 Å². The van der Waals surface area contributed by atoms with Crippen LogP contribution in [0.3, 0.4) is 0 Å². The number of hydrogen-bond acceptors (Lipinski definition) is 6. The number of nitrogens with zero attached hydrogens (tertiary/aromatic N) is 3. The Kier molecular flexibility index (Phi) is 6.69. The van der Waals surface area contributed by atoms with Gasteiger partial charge in [0.15, 0.2) is 5.16 Å². The molecule has 1 fully saturated rings. The van der Waals surface area contributed by atoms with E-state index in [0.717, 1.165) is 55.2 Å². The molecule has 2 aromatic heterocycles. The van der Waals surface area contributed by atoms with Gasteiger partial charge in [0.1, 0.15) is 10.4 Å². The molecule has 8 heteroatoms. The molecule has 2 atom stereocenters. The van der Waals surface area contributed by atoms with Crippen molar-refractivity contribution in [3.63, 3.8) is 0 Å². The van der Waals surface area contributed by atoms with E-state index in [0.29, 0.717) is 5.16 Å². The van der Waals surface area contributed by atoms with Gasteiger partial charge in [0.05, 0.1) is 16.7 Å². The Hall–Kier alpha value is -1.85. The van der Waals surface area contributed by atoms with Crippen LogP contribution in [0.15, 0.2) is 9.95 Å². The SMILES string of the molecule is CC(Sc1nc2sc3c(c2c(=O)n1C1CCCC1)CCCC3)C(=O)NC(C)(C#N)C(C)C. The van der Waals surface area contributed by atoms with Crippen LogP contribution >= 0.6 is 23.1 Å². The largest absolute Gasteiger partial charge is 0.337 e. The summed E-state index contributed by atoms with van der Waals surface area (Å²) in [6, 6.07) is 2.38. The summed E-state index contributed by atoms with van der Waals surface area (Å²) in [5.41, 5.74) is 0.353. The van der Waals surface area contributed by atoms with Gasteiger partial charge in [-0.2, -0.15) is 5.26 Å². The fourth-order valence-corrected chi connectivity index (χ4v) is 6.92. The third-order valence-corrected chi connectivity index (χ3v) is 9.35. The number of hydrogen-bond donors (Lipinski definition) is 1. The first-order valence-corrected chi connectivity index (χ1v) is 13.4. The Balaban J connectivity index is 1.71. The second-order valence-corrected chi connectivity index (χ2v) is 12.0. The number of amides is 1. The average Bonchev–Trinajstić information content (AvgIpc) is 3.41. The molecule has 32 heavy (non-hydrogen) atoms. The van der Waals surface area contributed by atoms with E-state index in [1.54, 1.807) is 18.3 Å². The summed E-state index contributed by atoms with van der Waals surface area (Å²) in [5, 5.41) is 13.5. The summed E-state index contributed by atoms with van der Waals surface area (Å²) in [7, 11) is 0. The number of aromatic nitrogens is 2. The van der Waals surface area contributed by atoms with Crippen LogP contribution in [0.4, 0.5) is 0 Å². The minimum absolute atomic E-state index is 0.0165. The smallest absolute Gasteiger partial charge is 0.263 e. The normalized spacial score (nSPS) is 19.5. The maximum Gasteiger partial charge on any atom is 0.263 e. The Bertz CT molecular complexity index is 1120. The first-order valence-electron chi connectivity index (χ1n) is 11.7. The molecule has 6 nitrogen and oxygen atoms in total. The van der Waals surface area contributed by atoms with Crippen LogP contribution in [0.25, 0.3) is 10.2 Å². The maximum absolute atomic E-state index is 13.8. The molecule has 2 heterocycles. The van der Waals surface area contributed by atoms with Crippen molar-refractivity contribution in [1.82, 2.24) is 14.9 Å². The molecule has 1 amide bonds. The molecule has 0 aliphatic heterocycles. The summed E-state index contributed by atoms with van der Waals surface area (Å²) < 4.78 is 1.89. The van der Waals surface area contributed by atoms with Crippen molar-refractivity contribution in [2.24, 2.45) is 5.92 Å². The van der Waals surface area contributed by atoms with E-state index in [1.165, 1.54) is 28.6 Å². The van der Waals surface area contributed by atoms with Crippen LogP contribution in [0.5, 0.6) is 0 Å². The van der Waals surface area contributed by atoms with Gasteiger partial charge in [0, 0.05) is 10.9 Å². The molecule has 172 valence electrons. The van der Waals surface area contributed by atoms with Crippen LogP contribution in [-0.4, -0.2) is 26.2 Å². The monoisotopic (exact) mass is 472 g/mol. The van der Waals surface area contributed by atoms with Crippen LogP contribution in [0, 0.1) is 17.2 Å². The molecule has 2 aromatic rings. The first-order chi connectivity index (χ1) is 15.2. The summed E-state index contributed by atoms with van der Waals surface area (Å²) in [6.45, 7) is 7.43. The van der Waals surface area contributed by atoms with E-state index >= 15 is 0 Å². The average molecular weight is 473 g/mol. The van der Waals surface area contributed by atoms with Gasteiger partial charge in [0.25, 0.3) is 5.56 Å². The predicted octanol–water partition coefficient (Wildman–Crippen LogP) is 4.99. The van der Waals surface area contributed by atoms with E-state index in [9.17, 15) is 14.9 Å². The van der Waals surface area contributed by atoms with Crippen LogP contribution in [0.1, 0.15) is 82.7 Å². The molecule has 0 saturated heterocycles. The molecule has 2 unspecified atom stereocenters. The van der Waals surface area contributed by atoms with Crippen molar-refractivity contribution in [1.29, 1.82) is 5.26 Å². The van der Waals surface area contributed by atoms with Gasteiger partial charge >= 0.3 is 0 Å². The summed E-state index contributed by atoms with van der Waals surface area (Å²) >= 11 is 2.99. The minimum atomic E-state index is -0.929. The van der Waals surface area contributed by atoms with Gasteiger partial charge in [0.2, 0.25) is 5.91 Å².